The molecule has 4 aromatic rings. The van der Waals surface area contributed by atoms with Crippen molar-refractivity contribution in [2.24, 2.45) is 0 Å². The Morgan fingerprint density at radius 3 is 2.44 bits per heavy atom. The monoisotopic (exact) mass is 328 g/mol. The van der Waals surface area contributed by atoms with Crippen LogP contribution in [0.15, 0.2) is 67.1 Å². The van der Waals surface area contributed by atoms with Crippen LogP contribution in [0.1, 0.15) is 0 Å². The molecule has 0 aliphatic rings. The summed E-state index contributed by atoms with van der Waals surface area (Å²) in [4.78, 5) is 8.60. The first kappa shape index (κ1) is 15.0. The van der Waals surface area contributed by atoms with Crippen LogP contribution in [0.3, 0.4) is 0 Å². The van der Waals surface area contributed by atoms with E-state index in [1.165, 1.54) is 12.1 Å². The number of hydrogen-bond donors (Lipinski definition) is 0. The number of benzene rings is 1. The first-order chi connectivity index (χ1) is 12.3. The van der Waals surface area contributed by atoms with Crippen molar-refractivity contribution in [3.05, 3.63) is 72.9 Å². The van der Waals surface area contributed by atoms with Crippen molar-refractivity contribution in [2.75, 3.05) is 0 Å². The van der Waals surface area contributed by atoms with E-state index >= 15 is 0 Å². The number of nitrogens with zero attached hydrogens (tertiary/aromatic N) is 4. The Morgan fingerprint density at radius 1 is 0.960 bits per heavy atom. The summed E-state index contributed by atoms with van der Waals surface area (Å²) in [5, 5.41) is 9.31. The smallest absolute Gasteiger partial charge is 0.123 e. The fraction of sp³-hybridized carbons (Fsp3) is 0.0500. The van der Waals surface area contributed by atoms with E-state index in [4.69, 9.17) is 0 Å². The molecule has 0 aliphatic heterocycles. The maximum Gasteiger partial charge on any atom is 0.123 e. The molecular weight excluding hydrogens is 315 g/mol. The predicted molar refractivity (Wildman–Crippen MR) is 94.0 cm³/mol. The SMILES string of the molecule is N#CCn1c(-c2ccncc2)c(-c2ccc(F)cc2)c2ncccc21. The van der Waals surface area contributed by atoms with Crippen molar-refractivity contribution in [1.29, 1.82) is 5.26 Å². The van der Waals surface area contributed by atoms with Crippen LogP contribution in [0.5, 0.6) is 0 Å². The average Bonchev–Trinajstić information content (AvgIpc) is 2.98. The lowest BCUT2D eigenvalue weighted by Crippen LogP contribution is -1.98. The number of hydrogen-bond acceptors (Lipinski definition) is 3. The van der Waals surface area contributed by atoms with Gasteiger partial charge in [-0.2, -0.15) is 5.26 Å². The van der Waals surface area contributed by atoms with Gasteiger partial charge in [-0.05, 0) is 42.0 Å². The van der Waals surface area contributed by atoms with Gasteiger partial charge in [0.15, 0.2) is 0 Å². The van der Waals surface area contributed by atoms with Crippen LogP contribution in [-0.2, 0) is 6.54 Å². The van der Waals surface area contributed by atoms with Gasteiger partial charge in [0, 0.05) is 29.7 Å². The Balaban J connectivity index is 2.13. The average molecular weight is 328 g/mol. The molecule has 0 saturated carbocycles. The summed E-state index contributed by atoms with van der Waals surface area (Å²) in [6.45, 7) is 0.195. The minimum absolute atomic E-state index is 0.195. The molecule has 120 valence electrons. The third kappa shape index (κ3) is 2.54. The first-order valence-electron chi connectivity index (χ1n) is 7.80. The number of nitriles is 1. The first-order valence-corrected chi connectivity index (χ1v) is 7.80. The van der Waals surface area contributed by atoms with Crippen LogP contribution < -0.4 is 0 Å². The molecule has 5 heteroatoms. The lowest BCUT2D eigenvalue weighted by atomic mass is 10.0. The number of aromatic nitrogens is 3. The van der Waals surface area contributed by atoms with Gasteiger partial charge >= 0.3 is 0 Å². The van der Waals surface area contributed by atoms with Crippen molar-refractivity contribution in [2.45, 2.75) is 6.54 Å². The van der Waals surface area contributed by atoms with E-state index in [2.05, 4.69) is 16.0 Å². The van der Waals surface area contributed by atoms with Gasteiger partial charge in [-0.1, -0.05) is 12.1 Å². The minimum Gasteiger partial charge on any atom is -0.325 e. The molecule has 0 spiro atoms. The molecule has 0 amide bonds. The van der Waals surface area contributed by atoms with Crippen molar-refractivity contribution in [3.8, 4) is 28.5 Å². The van der Waals surface area contributed by atoms with E-state index in [1.807, 2.05) is 28.8 Å². The van der Waals surface area contributed by atoms with Gasteiger partial charge in [-0.3, -0.25) is 9.97 Å². The van der Waals surface area contributed by atoms with E-state index in [1.54, 1.807) is 30.7 Å². The molecule has 3 aromatic heterocycles. The Bertz CT molecular complexity index is 1080. The largest absolute Gasteiger partial charge is 0.325 e. The van der Waals surface area contributed by atoms with Gasteiger partial charge in [0.05, 0.1) is 22.8 Å². The van der Waals surface area contributed by atoms with E-state index in [0.717, 1.165) is 33.4 Å². The van der Waals surface area contributed by atoms with E-state index in [0.29, 0.717) is 0 Å². The van der Waals surface area contributed by atoms with Crippen LogP contribution >= 0.6 is 0 Å². The Morgan fingerprint density at radius 2 is 1.72 bits per heavy atom. The summed E-state index contributed by atoms with van der Waals surface area (Å²) >= 11 is 0. The molecule has 0 aliphatic carbocycles. The topological polar surface area (TPSA) is 54.5 Å². The molecule has 0 N–H and O–H groups in total. The third-order valence-electron chi connectivity index (χ3n) is 4.14. The Labute approximate surface area is 143 Å². The van der Waals surface area contributed by atoms with Crippen LogP contribution in [0, 0.1) is 17.1 Å². The molecular formula is C20H13FN4. The maximum absolute atomic E-state index is 13.4. The van der Waals surface area contributed by atoms with Crippen molar-refractivity contribution >= 4 is 11.0 Å². The highest BCUT2D eigenvalue weighted by atomic mass is 19.1. The lowest BCUT2D eigenvalue weighted by Gasteiger charge is -2.09. The van der Waals surface area contributed by atoms with Crippen LogP contribution in [-0.4, -0.2) is 14.5 Å². The molecule has 4 rings (SSSR count). The van der Waals surface area contributed by atoms with Gasteiger partial charge in [-0.25, -0.2) is 4.39 Å². The molecule has 1 aromatic carbocycles. The molecule has 25 heavy (non-hydrogen) atoms. The maximum atomic E-state index is 13.4. The van der Waals surface area contributed by atoms with E-state index < -0.39 is 0 Å². The molecule has 4 nitrogen and oxygen atoms in total. The van der Waals surface area contributed by atoms with Gasteiger partial charge in [-0.15, -0.1) is 0 Å². The van der Waals surface area contributed by atoms with Gasteiger partial charge in [0.25, 0.3) is 0 Å². The molecule has 0 fully saturated rings. The van der Waals surface area contributed by atoms with E-state index in [-0.39, 0.29) is 12.4 Å². The quantitative estimate of drug-likeness (QED) is 0.559. The zero-order chi connectivity index (χ0) is 17.2. The van der Waals surface area contributed by atoms with Gasteiger partial charge in [0.2, 0.25) is 0 Å². The van der Waals surface area contributed by atoms with Crippen LogP contribution in [0.25, 0.3) is 33.4 Å². The summed E-state index contributed by atoms with van der Waals surface area (Å²) in [6, 6.07) is 16.1. The van der Waals surface area contributed by atoms with E-state index in [9.17, 15) is 9.65 Å². The molecule has 0 unspecified atom stereocenters. The number of fused-ring (bicyclic) bond motifs is 1. The highest BCUT2D eigenvalue weighted by Gasteiger charge is 2.20. The lowest BCUT2D eigenvalue weighted by molar-refractivity contribution is 0.628. The Kier molecular flexibility index (Phi) is 3.71. The third-order valence-corrected chi connectivity index (χ3v) is 4.14. The molecule has 0 radical (unpaired) electrons. The van der Waals surface area contributed by atoms with Gasteiger partial charge < -0.3 is 4.57 Å². The summed E-state index contributed by atoms with van der Waals surface area (Å²) < 4.78 is 15.3. The second-order valence-electron chi connectivity index (χ2n) is 5.58. The summed E-state index contributed by atoms with van der Waals surface area (Å²) in [5.74, 6) is -0.289. The summed E-state index contributed by atoms with van der Waals surface area (Å²) in [5.41, 5.74) is 5.21. The fourth-order valence-corrected chi connectivity index (χ4v) is 3.11. The molecule has 3 heterocycles. The van der Waals surface area contributed by atoms with Crippen LogP contribution in [0.2, 0.25) is 0 Å². The Hall–Kier alpha value is -3.52. The summed E-state index contributed by atoms with van der Waals surface area (Å²) in [7, 11) is 0. The number of halogens is 1. The second kappa shape index (κ2) is 6.17. The fourth-order valence-electron chi connectivity index (χ4n) is 3.11. The number of pyridine rings is 2. The van der Waals surface area contributed by atoms with Crippen molar-refractivity contribution in [3.63, 3.8) is 0 Å². The molecule has 0 saturated heterocycles. The standard InChI is InChI=1S/C20H13FN4/c21-16-5-3-14(4-6-16)18-19-17(2-1-10-24-19)25(13-9-22)20(18)15-7-11-23-12-8-15/h1-8,10-12H,13H2. The molecule has 0 atom stereocenters. The normalized spacial score (nSPS) is 10.7. The number of rotatable bonds is 3. The van der Waals surface area contributed by atoms with Crippen molar-refractivity contribution < 1.29 is 4.39 Å². The molecule has 0 bridgehead atoms. The summed E-state index contributed by atoms with van der Waals surface area (Å²) in [6.07, 6.45) is 5.15. The van der Waals surface area contributed by atoms with Gasteiger partial charge in [0.1, 0.15) is 12.4 Å². The highest BCUT2D eigenvalue weighted by Crippen LogP contribution is 2.39. The highest BCUT2D eigenvalue weighted by molar-refractivity contribution is 6.02. The predicted octanol–water partition coefficient (Wildman–Crippen LogP) is 4.43. The zero-order valence-electron chi connectivity index (χ0n) is 13.2. The minimum atomic E-state index is -0.289. The van der Waals surface area contributed by atoms with Crippen LogP contribution in [0.4, 0.5) is 4.39 Å². The second-order valence-corrected chi connectivity index (χ2v) is 5.58. The van der Waals surface area contributed by atoms with Crippen molar-refractivity contribution in [1.82, 2.24) is 14.5 Å². The zero-order valence-corrected chi connectivity index (χ0v) is 13.2.